The predicted octanol–water partition coefficient (Wildman–Crippen LogP) is 2.45. The largest absolute Gasteiger partial charge is 0.483 e. The molecule has 0 saturated heterocycles. The van der Waals surface area contributed by atoms with E-state index >= 15 is 0 Å². The van der Waals surface area contributed by atoms with Crippen LogP contribution in [0.25, 0.3) is 0 Å². The van der Waals surface area contributed by atoms with Gasteiger partial charge in [0.2, 0.25) is 0 Å². The van der Waals surface area contributed by atoms with Gasteiger partial charge >= 0.3 is 0 Å². The van der Waals surface area contributed by atoms with Crippen LogP contribution in [0.1, 0.15) is 36.8 Å². The molecule has 1 fully saturated rings. The lowest BCUT2D eigenvalue weighted by Crippen LogP contribution is -2.43. The molecule has 1 amide bonds. The molecule has 0 atom stereocenters. The highest BCUT2D eigenvalue weighted by atomic mass is 16.5. The summed E-state index contributed by atoms with van der Waals surface area (Å²) in [7, 11) is 1.73. The number of benzene rings is 1. The first-order chi connectivity index (χ1) is 9.91. The molecule has 2 rings (SSSR count). The van der Waals surface area contributed by atoms with Crippen LogP contribution in [-0.4, -0.2) is 41.7 Å². The van der Waals surface area contributed by atoms with E-state index < -0.39 is 5.60 Å². The van der Waals surface area contributed by atoms with E-state index in [1.807, 2.05) is 32.0 Å². The number of aliphatic hydroxyl groups is 1. The molecule has 0 radical (unpaired) electrons. The Morgan fingerprint density at radius 3 is 2.67 bits per heavy atom. The SMILES string of the molecule is Cc1cccc(OCC(=O)N(C)CC2(O)CCCC2)c1C. The van der Waals surface area contributed by atoms with Gasteiger partial charge < -0.3 is 14.7 Å². The second-order valence-corrected chi connectivity index (χ2v) is 6.17. The molecule has 0 spiro atoms. The van der Waals surface area contributed by atoms with Crippen molar-refractivity contribution in [3.63, 3.8) is 0 Å². The van der Waals surface area contributed by atoms with Crippen molar-refractivity contribution in [2.45, 2.75) is 45.1 Å². The fraction of sp³-hybridized carbons (Fsp3) is 0.588. The number of ether oxygens (including phenoxy) is 1. The van der Waals surface area contributed by atoms with Gasteiger partial charge in [0.1, 0.15) is 5.75 Å². The van der Waals surface area contributed by atoms with Gasteiger partial charge in [0, 0.05) is 13.6 Å². The molecule has 1 aliphatic rings. The van der Waals surface area contributed by atoms with Gasteiger partial charge in [-0.25, -0.2) is 0 Å². The van der Waals surface area contributed by atoms with Gasteiger partial charge in [-0.3, -0.25) is 4.79 Å². The van der Waals surface area contributed by atoms with E-state index in [0.29, 0.717) is 6.54 Å². The Balaban J connectivity index is 1.87. The summed E-state index contributed by atoms with van der Waals surface area (Å²) < 4.78 is 5.63. The zero-order valence-electron chi connectivity index (χ0n) is 13.2. The summed E-state index contributed by atoms with van der Waals surface area (Å²) in [5, 5.41) is 10.3. The Kier molecular flexibility index (Phi) is 4.88. The van der Waals surface area contributed by atoms with Crippen molar-refractivity contribution < 1.29 is 14.6 Å². The topological polar surface area (TPSA) is 49.8 Å². The first-order valence-corrected chi connectivity index (χ1v) is 7.57. The molecule has 0 unspecified atom stereocenters. The maximum Gasteiger partial charge on any atom is 0.260 e. The van der Waals surface area contributed by atoms with Crippen LogP contribution in [0.4, 0.5) is 0 Å². The highest BCUT2D eigenvalue weighted by molar-refractivity contribution is 5.77. The molecule has 0 bridgehead atoms. The summed E-state index contributed by atoms with van der Waals surface area (Å²) in [6, 6.07) is 5.82. The lowest BCUT2D eigenvalue weighted by Gasteiger charge is -2.28. The average molecular weight is 291 g/mol. The van der Waals surface area contributed by atoms with Crippen molar-refractivity contribution in [1.29, 1.82) is 0 Å². The molecule has 1 aromatic rings. The molecular formula is C17H25NO3. The molecule has 21 heavy (non-hydrogen) atoms. The first-order valence-electron chi connectivity index (χ1n) is 7.57. The van der Waals surface area contributed by atoms with Gasteiger partial charge in [-0.2, -0.15) is 0 Å². The van der Waals surface area contributed by atoms with E-state index in [-0.39, 0.29) is 12.5 Å². The van der Waals surface area contributed by atoms with Gasteiger partial charge in [0.25, 0.3) is 5.91 Å². The predicted molar refractivity (Wildman–Crippen MR) is 82.5 cm³/mol. The maximum atomic E-state index is 12.1. The van der Waals surface area contributed by atoms with E-state index in [0.717, 1.165) is 42.6 Å². The molecule has 4 nitrogen and oxygen atoms in total. The second-order valence-electron chi connectivity index (χ2n) is 6.17. The van der Waals surface area contributed by atoms with Crippen molar-refractivity contribution in [1.82, 2.24) is 4.90 Å². The fourth-order valence-electron chi connectivity index (χ4n) is 2.85. The third-order valence-corrected chi connectivity index (χ3v) is 4.40. The van der Waals surface area contributed by atoms with Gasteiger partial charge in [-0.05, 0) is 43.9 Å². The Morgan fingerprint density at radius 1 is 1.33 bits per heavy atom. The Bertz CT molecular complexity index is 507. The Labute approximate surface area is 126 Å². The Morgan fingerprint density at radius 2 is 2.00 bits per heavy atom. The van der Waals surface area contributed by atoms with E-state index in [4.69, 9.17) is 4.74 Å². The number of nitrogens with zero attached hydrogens (tertiary/aromatic N) is 1. The Hall–Kier alpha value is -1.55. The minimum absolute atomic E-state index is 0.0108. The molecule has 1 N–H and O–H groups in total. The molecule has 0 heterocycles. The van der Waals surface area contributed by atoms with Crippen LogP contribution in [0.3, 0.4) is 0 Å². The maximum absolute atomic E-state index is 12.1. The molecule has 116 valence electrons. The molecule has 0 aliphatic heterocycles. The number of hydrogen-bond donors (Lipinski definition) is 1. The standard InChI is InChI=1S/C17H25NO3/c1-13-7-6-8-15(14(13)2)21-11-16(19)18(3)12-17(20)9-4-5-10-17/h6-8,20H,4-5,9-12H2,1-3H3. The van der Waals surface area contributed by atoms with Crippen LogP contribution < -0.4 is 4.74 Å². The summed E-state index contributed by atoms with van der Waals surface area (Å²) in [6.07, 6.45) is 3.64. The number of amides is 1. The third kappa shape index (κ3) is 3.97. The van der Waals surface area contributed by atoms with Crippen molar-refractivity contribution in [3.05, 3.63) is 29.3 Å². The summed E-state index contributed by atoms with van der Waals surface area (Å²) >= 11 is 0. The van der Waals surface area contributed by atoms with Crippen molar-refractivity contribution in [3.8, 4) is 5.75 Å². The van der Waals surface area contributed by atoms with E-state index in [9.17, 15) is 9.90 Å². The first kappa shape index (κ1) is 15.8. The fourth-order valence-corrected chi connectivity index (χ4v) is 2.85. The monoisotopic (exact) mass is 291 g/mol. The number of hydrogen-bond acceptors (Lipinski definition) is 3. The van der Waals surface area contributed by atoms with Crippen LogP contribution >= 0.6 is 0 Å². The highest BCUT2D eigenvalue weighted by Crippen LogP contribution is 2.30. The summed E-state index contributed by atoms with van der Waals surface area (Å²) in [5.74, 6) is 0.646. The number of likely N-dealkylation sites (N-methyl/N-ethyl adjacent to an activating group) is 1. The third-order valence-electron chi connectivity index (χ3n) is 4.40. The van der Waals surface area contributed by atoms with Gasteiger partial charge in [0.15, 0.2) is 6.61 Å². The molecule has 4 heteroatoms. The molecular weight excluding hydrogens is 266 g/mol. The minimum Gasteiger partial charge on any atom is -0.483 e. The van der Waals surface area contributed by atoms with Crippen molar-refractivity contribution >= 4 is 5.91 Å². The normalized spacial score (nSPS) is 16.8. The second kappa shape index (κ2) is 6.48. The van der Waals surface area contributed by atoms with Crippen LogP contribution in [0.2, 0.25) is 0 Å². The zero-order chi connectivity index (χ0) is 15.5. The van der Waals surface area contributed by atoms with Crippen LogP contribution in [0.15, 0.2) is 18.2 Å². The lowest BCUT2D eigenvalue weighted by atomic mass is 10.0. The molecule has 0 aromatic heterocycles. The smallest absolute Gasteiger partial charge is 0.260 e. The van der Waals surface area contributed by atoms with Gasteiger partial charge in [-0.15, -0.1) is 0 Å². The molecule has 1 aliphatic carbocycles. The van der Waals surface area contributed by atoms with E-state index in [1.54, 1.807) is 11.9 Å². The van der Waals surface area contributed by atoms with Gasteiger partial charge in [0.05, 0.1) is 5.60 Å². The van der Waals surface area contributed by atoms with E-state index in [2.05, 4.69) is 0 Å². The number of aryl methyl sites for hydroxylation is 1. The summed E-state index contributed by atoms with van der Waals surface area (Å²) in [6.45, 7) is 4.41. The molecule has 1 aromatic carbocycles. The number of rotatable bonds is 5. The van der Waals surface area contributed by atoms with Crippen LogP contribution in [0.5, 0.6) is 5.75 Å². The quantitative estimate of drug-likeness (QED) is 0.906. The lowest BCUT2D eigenvalue weighted by molar-refractivity contribution is -0.135. The zero-order valence-corrected chi connectivity index (χ0v) is 13.2. The minimum atomic E-state index is -0.705. The van der Waals surface area contributed by atoms with Crippen molar-refractivity contribution in [2.75, 3.05) is 20.2 Å². The number of carbonyl (C=O) groups excluding carboxylic acids is 1. The van der Waals surface area contributed by atoms with Crippen LogP contribution in [0, 0.1) is 13.8 Å². The average Bonchev–Trinajstić information content (AvgIpc) is 2.86. The van der Waals surface area contributed by atoms with E-state index in [1.165, 1.54) is 0 Å². The highest BCUT2D eigenvalue weighted by Gasteiger charge is 2.33. The molecule has 1 saturated carbocycles. The summed E-state index contributed by atoms with van der Waals surface area (Å²) in [5.41, 5.74) is 1.50. The number of carbonyl (C=O) groups is 1. The van der Waals surface area contributed by atoms with Crippen molar-refractivity contribution in [2.24, 2.45) is 0 Å². The summed E-state index contributed by atoms with van der Waals surface area (Å²) in [4.78, 5) is 13.7. The van der Waals surface area contributed by atoms with Gasteiger partial charge in [-0.1, -0.05) is 25.0 Å². The van der Waals surface area contributed by atoms with Crippen LogP contribution in [-0.2, 0) is 4.79 Å².